The third-order valence-corrected chi connectivity index (χ3v) is 6.12. The van der Waals surface area contributed by atoms with Crippen LogP contribution in [-0.2, 0) is 0 Å². The quantitative estimate of drug-likeness (QED) is 0.332. The summed E-state index contributed by atoms with van der Waals surface area (Å²) < 4.78 is 0. The van der Waals surface area contributed by atoms with Gasteiger partial charge in [-0.2, -0.15) is 0 Å². The number of nitrogens with zero attached hydrogens (tertiary/aromatic N) is 3. The predicted molar refractivity (Wildman–Crippen MR) is 125 cm³/mol. The van der Waals surface area contributed by atoms with Gasteiger partial charge in [0.05, 0.1) is 6.04 Å². The highest BCUT2D eigenvalue weighted by molar-refractivity contribution is 14.0. The molecule has 1 aliphatic rings. The molecular formula is C19H36IN5S. The van der Waals surface area contributed by atoms with E-state index >= 15 is 0 Å². The highest BCUT2D eigenvalue weighted by Gasteiger charge is 2.25. The number of halogens is 1. The van der Waals surface area contributed by atoms with Crippen molar-refractivity contribution >= 4 is 41.3 Å². The summed E-state index contributed by atoms with van der Waals surface area (Å²) in [5, 5.41) is 9.15. The Morgan fingerprint density at radius 1 is 1.38 bits per heavy atom. The zero-order chi connectivity index (χ0) is 18.1. The molecule has 1 saturated heterocycles. The molecule has 1 fully saturated rings. The molecular weight excluding hydrogens is 457 g/mol. The van der Waals surface area contributed by atoms with Crippen LogP contribution in [0.5, 0.6) is 0 Å². The summed E-state index contributed by atoms with van der Waals surface area (Å²) in [6.07, 6.45) is 2.61. The van der Waals surface area contributed by atoms with E-state index in [0.29, 0.717) is 6.04 Å². The van der Waals surface area contributed by atoms with E-state index in [0.717, 1.165) is 38.1 Å². The van der Waals surface area contributed by atoms with Crippen LogP contribution in [0.1, 0.15) is 37.6 Å². The standard InChI is InChI=1S/C19H35N5S.HI/c1-5-23(4)13-10-21-19(20-3)22-15-17(18-7-6-14-25-18)24-11-8-16(2)9-12-24;/h6-7,14,16-17H,5,8-13,15H2,1-4H3,(H2,20,21,22);1H. The minimum atomic E-state index is 0. The maximum absolute atomic E-state index is 4.38. The number of guanidine groups is 1. The second kappa shape index (κ2) is 12.9. The maximum atomic E-state index is 4.38. The van der Waals surface area contributed by atoms with Crippen LogP contribution in [0.3, 0.4) is 0 Å². The van der Waals surface area contributed by atoms with Crippen molar-refractivity contribution in [1.29, 1.82) is 0 Å². The summed E-state index contributed by atoms with van der Waals surface area (Å²) in [4.78, 5) is 10.8. The van der Waals surface area contributed by atoms with E-state index in [9.17, 15) is 0 Å². The third kappa shape index (κ3) is 7.70. The molecule has 2 heterocycles. The topological polar surface area (TPSA) is 42.9 Å². The van der Waals surface area contributed by atoms with Crippen molar-refractivity contribution in [2.24, 2.45) is 10.9 Å². The predicted octanol–water partition coefficient (Wildman–Crippen LogP) is 3.26. The first kappa shape index (κ1) is 23.7. The molecule has 1 unspecified atom stereocenters. The zero-order valence-electron chi connectivity index (χ0n) is 16.7. The second-order valence-corrected chi connectivity index (χ2v) is 8.00. The second-order valence-electron chi connectivity index (χ2n) is 7.03. The zero-order valence-corrected chi connectivity index (χ0v) is 19.8. The van der Waals surface area contributed by atoms with Gasteiger partial charge < -0.3 is 15.5 Å². The smallest absolute Gasteiger partial charge is 0.191 e. The Balaban J connectivity index is 0.00000338. The highest BCUT2D eigenvalue weighted by Crippen LogP contribution is 2.28. The summed E-state index contributed by atoms with van der Waals surface area (Å²) in [5.74, 6) is 1.76. The molecule has 0 radical (unpaired) electrons. The van der Waals surface area contributed by atoms with Crippen LogP contribution in [-0.4, -0.2) is 69.1 Å². The van der Waals surface area contributed by atoms with Gasteiger partial charge in [-0.25, -0.2) is 0 Å². The number of thiophene rings is 1. The van der Waals surface area contributed by atoms with E-state index in [-0.39, 0.29) is 24.0 Å². The van der Waals surface area contributed by atoms with Gasteiger partial charge >= 0.3 is 0 Å². The Labute approximate surface area is 180 Å². The van der Waals surface area contributed by atoms with Gasteiger partial charge in [0, 0.05) is 31.6 Å². The molecule has 1 aliphatic heterocycles. The molecule has 5 nitrogen and oxygen atoms in total. The number of rotatable bonds is 8. The Hall–Kier alpha value is -0.380. The number of nitrogens with one attached hydrogen (secondary N) is 2. The monoisotopic (exact) mass is 493 g/mol. The first-order valence-corrected chi connectivity index (χ1v) is 10.4. The van der Waals surface area contributed by atoms with Gasteiger partial charge in [0.25, 0.3) is 0 Å². The van der Waals surface area contributed by atoms with Gasteiger partial charge in [-0.1, -0.05) is 19.9 Å². The summed E-state index contributed by atoms with van der Waals surface area (Å²) in [6, 6.07) is 4.86. The number of hydrogen-bond donors (Lipinski definition) is 2. The van der Waals surface area contributed by atoms with Gasteiger partial charge in [0.2, 0.25) is 0 Å². The van der Waals surface area contributed by atoms with Crippen LogP contribution < -0.4 is 10.6 Å². The average molecular weight is 494 g/mol. The van der Waals surface area contributed by atoms with Crippen LogP contribution in [0.25, 0.3) is 0 Å². The van der Waals surface area contributed by atoms with E-state index in [1.165, 1.54) is 30.8 Å². The molecule has 0 aliphatic carbocycles. The van der Waals surface area contributed by atoms with Crippen LogP contribution in [0.2, 0.25) is 0 Å². The van der Waals surface area contributed by atoms with E-state index in [1.54, 1.807) is 0 Å². The number of likely N-dealkylation sites (N-methyl/N-ethyl adjacent to an activating group) is 1. The first-order chi connectivity index (χ1) is 12.1. The lowest BCUT2D eigenvalue weighted by Crippen LogP contribution is -2.46. The van der Waals surface area contributed by atoms with Crippen molar-refractivity contribution in [3.8, 4) is 0 Å². The molecule has 1 aromatic heterocycles. The van der Waals surface area contributed by atoms with Gasteiger partial charge in [-0.15, -0.1) is 35.3 Å². The first-order valence-electron chi connectivity index (χ1n) is 9.54. The Bertz CT molecular complexity index is 500. The van der Waals surface area contributed by atoms with Crippen LogP contribution >= 0.6 is 35.3 Å². The van der Waals surface area contributed by atoms with Crippen molar-refractivity contribution in [3.63, 3.8) is 0 Å². The lowest BCUT2D eigenvalue weighted by molar-refractivity contribution is 0.140. The summed E-state index contributed by atoms with van der Waals surface area (Å²) in [6.45, 7) is 10.8. The Morgan fingerprint density at radius 3 is 2.69 bits per heavy atom. The van der Waals surface area contributed by atoms with Gasteiger partial charge in [0.1, 0.15) is 0 Å². The number of piperidine rings is 1. The highest BCUT2D eigenvalue weighted by atomic mass is 127. The minimum absolute atomic E-state index is 0. The van der Waals surface area contributed by atoms with E-state index in [2.05, 4.69) is 63.8 Å². The molecule has 150 valence electrons. The van der Waals surface area contributed by atoms with Gasteiger partial charge in [-0.3, -0.25) is 9.89 Å². The maximum Gasteiger partial charge on any atom is 0.191 e. The van der Waals surface area contributed by atoms with Gasteiger partial charge in [0.15, 0.2) is 5.96 Å². The molecule has 26 heavy (non-hydrogen) atoms. The minimum Gasteiger partial charge on any atom is -0.355 e. The molecule has 0 amide bonds. The van der Waals surface area contributed by atoms with Crippen molar-refractivity contribution in [2.75, 3.05) is 53.4 Å². The molecule has 1 aromatic rings. The summed E-state index contributed by atoms with van der Waals surface area (Å²) in [7, 11) is 3.99. The van der Waals surface area contributed by atoms with Crippen molar-refractivity contribution in [2.45, 2.75) is 32.7 Å². The molecule has 0 bridgehead atoms. The summed E-state index contributed by atoms with van der Waals surface area (Å²) in [5.41, 5.74) is 0. The molecule has 7 heteroatoms. The Kier molecular flexibility index (Phi) is 11.7. The van der Waals surface area contributed by atoms with E-state index in [4.69, 9.17) is 0 Å². The lowest BCUT2D eigenvalue weighted by Gasteiger charge is -2.36. The van der Waals surface area contributed by atoms with E-state index in [1.807, 2.05) is 18.4 Å². The fraction of sp³-hybridized carbons (Fsp3) is 0.737. The summed E-state index contributed by atoms with van der Waals surface area (Å²) >= 11 is 1.86. The molecule has 2 rings (SSSR count). The molecule has 0 saturated carbocycles. The normalized spacial score (nSPS) is 17.8. The van der Waals surface area contributed by atoms with Gasteiger partial charge in [-0.05, 0) is 56.9 Å². The fourth-order valence-corrected chi connectivity index (χ4v) is 4.03. The SMILES string of the molecule is CCN(C)CCNC(=NC)NCC(c1cccs1)N1CCC(C)CC1.I. The number of aliphatic imine (C=N–C) groups is 1. The van der Waals surface area contributed by atoms with E-state index < -0.39 is 0 Å². The van der Waals surface area contributed by atoms with Crippen molar-refractivity contribution in [3.05, 3.63) is 22.4 Å². The van der Waals surface area contributed by atoms with Crippen molar-refractivity contribution in [1.82, 2.24) is 20.4 Å². The van der Waals surface area contributed by atoms with Crippen LogP contribution in [0.4, 0.5) is 0 Å². The molecule has 0 spiro atoms. The molecule has 0 aromatic carbocycles. The Morgan fingerprint density at radius 2 is 2.12 bits per heavy atom. The lowest BCUT2D eigenvalue weighted by atomic mass is 9.97. The number of hydrogen-bond acceptors (Lipinski definition) is 4. The van der Waals surface area contributed by atoms with Crippen LogP contribution in [0.15, 0.2) is 22.5 Å². The van der Waals surface area contributed by atoms with Crippen LogP contribution in [0, 0.1) is 5.92 Å². The largest absolute Gasteiger partial charge is 0.355 e. The molecule has 1 atom stereocenters. The number of likely N-dealkylation sites (tertiary alicyclic amines) is 1. The average Bonchev–Trinajstić information content (AvgIpc) is 3.16. The molecule has 2 N–H and O–H groups in total. The third-order valence-electron chi connectivity index (χ3n) is 5.14. The van der Waals surface area contributed by atoms with Crippen molar-refractivity contribution < 1.29 is 0 Å². The fourth-order valence-electron chi connectivity index (χ4n) is 3.17.